The zero-order chi connectivity index (χ0) is 12.7. The fraction of sp³-hybridized carbons (Fsp3) is 0.0769. The molecular weight excluding hydrogens is 250 g/mol. The van der Waals surface area contributed by atoms with Crippen molar-refractivity contribution >= 4 is 17.3 Å². The maximum absolute atomic E-state index is 12.0. The maximum Gasteiger partial charge on any atom is 0.256 e. The van der Waals surface area contributed by atoms with E-state index in [-0.39, 0.29) is 5.56 Å². The summed E-state index contributed by atoms with van der Waals surface area (Å²) >= 11 is 5.92. The van der Waals surface area contributed by atoms with E-state index in [1.54, 1.807) is 18.2 Å². The van der Waals surface area contributed by atoms with Gasteiger partial charge in [0, 0.05) is 34.6 Å². The number of pyridine rings is 1. The van der Waals surface area contributed by atoms with Crippen LogP contribution in [-0.4, -0.2) is 4.98 Å². The molecule has 88 valence electrons. The number of nitrogens with zero attached hydrogens (tertiary/aromatic N) is 1. The zero-order valence-electron chi connectivity index (χ0n) is 9.25. The van der Waals surface area contributed by atoms with E-state index in [2.05, 4.69) is 16.4 Å². The minimum absolute atomic E-state index is 0.186. The molecule has 0 saturated heterocycles. The third kappa shape index (κ3) is 1.49. The molecule has 0 atom stereocenters. The SMILES string of the molecule is N#Cc1c[nH]c(=O)c2c1CNc1cc(Cl)ccc1-2. The number of aromatic amines is 1. The van der Waals surface area contributed by atoms with Gasteiger partial charge in [0.2, 0.25) is 0 Å². The zero-order valence-corrected chi connectivity index (χ0v) is 10.0. The molecule has 1 aromatic heterocycles. The topological polar surface area (TPSA) is 68.7 Å². The molecule has 1 aliphatic heterocycles. The summed E-state index contributed by atoms with van der Waals surface area (Å²) < 4.78 is 0. The number of nitrogens with one attached hydrogen (secondary N) is 2. The van der Waals surface area contributed by atoms with E-state index in [0.29, 0.717) is 22.7 Å². The van der Waals surface area contributed by atoms with E-state index >= 15 is 0 Å². The van der Waals surface area contributed by atoms with Crippen molar-refractivity contribution in [1.82, 2.24) is 4.98 Å². The monoisotopic (exact) mass is 257 g/mol. The number of H-pyrrole nitrogens is 1. The quantitative estimate of drug-likeness (QED) is 0.762. The molecule has 1 aromatic carbocycles. The second kappa shape index (κ2) is 3.90. The molecule has 0 fully saturated rings. The van der Waals surface area contributed by atoms with Crippen LogP contribution < -0.4 is 10.9 Å². The summed E-state index contributed by atoms with van der Waals surface area (Å²) in [4.78, 5) is 14.5. The van der Waals surface area contributed by atoms with E-state index in [0.717, 1.165) is 16.8 Å². The van der Waals surface area contributed by atoms with E-state index in [1.165, 1.54) is 6.20 Å². The summed E-state index contributed by atoms with van der Waals surface area (Å²) in [6.07, 6.45) is 1.45. The van der Waals surface area contributed by atoms with Crippen LogP contribution >= 0.6 is 11.6 Å². The second-order valence-electron chi connectivity index (χ2n) is 4.04. The first-order valence-electron chi connectivity index (χ1n) is 5.39. The molecule has 0 bridgehead atoms. The second-order valence-corrected chi connectivity index (χ2v) is 4.48. The van der Waals surface area contributed by atoms with Gasteiger partial charge in [0.1, 0.15) is 6.07 Å². The van der Waals surface area contributed by atoms with Crippen molar-refractivity contribution in [2.75, 3.05) is 5.32 Å². The molecule has 3 rings (SSSR count). The first kappa shape index (κ1) is 10.9. The average molecular weight is 258 g/mol. The van der Waals surface area contributed by atoms with Crippen molar-refractivity contribution in [3.63, 3.8) is 0 Å². The van der Waals surface area contributed by atoms with Crippen LogP contribution in [-0.2, 0) is 6.54 Å². The van der Waals surface area contributed by atoms with Crippen LogP contribution in [0.15, 0.2) is 29.2 Å². The van der Waals surface area contributed by atoms with Crippen molar-refractivity contribution in [3.8, 4) is 17.2 Å². The molecule has 1 aliphatic rings. The fourth-order valence-corrected chi connectivity index (χ4v) is 2.37. The lowest BCUT2D eigenvalue weighted by Gasteiger charge is -2.21. The Morgan fingerprint density at radius 1 is 1.39 bits per heavy atom. The Morgan fingerprint density at radius 3 is 3.00 bits per heavy atom. The van der Waals surface area contributed by atoms with Gasteiger partial charge in [-0.1, -0.05) is 17.7 Å². The van der Waals surface area contributed by atoms with Crippen molar-refractivity contribution < 1.29 is 0 Å². The van der Waals surface area contributed by atoms with Crippen LogP contribution in [0, 0.1) is 11.3 Å². The summed E-state index contributed by atoms with van der Waals surface area (Å²) in [6.45, 7) is 0.454. The van der Waals surface area contributed by atoms with Crippen molar-refractivity contribution in [3.05, 3.63) is 50.9 Å². The molecule has 0 spiro atoms. The number of halogens is 1. The molecule has 5 heteroatoms. The van der Waals surface area contributed by atoms with E-state index in [9.17, 15) is 4.79 Å². The average Bonchev–Trinajstić information content (AvgIpc) is 2.38. The van der Waals surface area contributed by atoms with Gasteiger partial charge in [0.05, 0.1) is 11.1 Å². The standard InChI is InChI=1S/C13H8ClN3O/c14-8-1-2-9-11(3-8)16-6-10-7(4-15)5-17-13(18)12(9)10/h1-3,5,16H,6H2,(H,17,18). The Kier molecular flexibility index (Phi) is 2.35. The summed E-state index contributed by atoms with van der Waals surface area (Å²) in [7, 11) is 0. The molecule has 18 heavy (non-hydrogen) atoms. The van der Waals surface area contributed by atoms with Gasteiger partial charge in [-0.25, -0.2) is 0 Å². The molecule has 0 aliphatic carbocycles. The van der Waals surface area contributed by atoms with Gasteiger partial charge in [-0.05, 0) is 12.1 Å². The lowest BCUT2D eigenvalue weighted by Crippen LogP contribution is -2.20. The fourth-order valence-electron chi connectivity index (χ4n) is 2.20. The Hall–Kier alpha value is -2.25. The Balaban J connectivity index is 2.37. The number of benzene rings is 1. The summed E-state index contributed by atoms with van der Waals surface area (Å²) in [5, 5.41) is 12.8. The summed E-state index contributed by atoms with van der Waals surface area (Å²) in [5.74, 6) is 0. The Labute approximate surface area is 108 Å². The van der Waals surface area contributed by atoms with Crippen LogP contribution in [0.4, 0.5) is 5.69 Å². The van der Waals surface area contributed by atoms with Crippen molar-refractivity contribution in [2.24, 2.45) is 0 Å². The van der Waals surface area contributed by atoms with Gasteiger partial charge in [-0.3, -0.25) is 4.79 Å². The molecule has 2 aromatic rings. The van der Waals surface area contributed by atoms with Gasteiger partial charge < -0.3 is 10.3 Å². The highest BCUT2D eigenvalue weighted by Gasteiger charge is 2.21. The number of anilines is 1. The third-order valence-corrected chi connectivity index (χ3v) is 3.26. The number of nitriles is 1. The van der Waals surface area contributed by atoms with Gasteiger partial charge in [-0.15, -0.1) is 0 Å². The number of rotatable bonds is 0. The number of hydrogen-bond donors (Lipinski definition) is 2. The third-order valence-electron chi connectivity index (χ3n) is 3.03. The van der Waals surface area contributed by atoms with Crippen LogP contribution in [0.1, 0.15) is 11.1 Å². The highest BCUT2D eigenvalue weighted by Crippen LogP contribution is 2.35. The maximum atomic E-state index is 12.0. The van der Waals surface area contributed by atoms with Gasteiger partial charge in [0.25, 0.3) is 5.56 Å². The van der Waals surface area contributed by atoms with E-state index in [1.807, 2.05) is 0 Å². The van der Waals surface area contributed by atoms with Crippen molar-refractivity contribution in [1.29, 1.82) is 5.26 Å². The Bertz CT molecular complexity index is 743. The first-order valence-corrected chi connectivity index (χ1v) is 5.77. The predicted molar refractivity (Wildman–Crippen MR) is 69.6 cm³/mol. The number of hydrogen-bond acceptors (Lipinski definition) is 3. The van der Waals surface area contributed by atoms with Crippen molar-refractivity contribution in [2.45, 2.75) is 6.54 Å². The highest BCUT2D eigenvalue weighted by atomic mass is 35.5. The van der Waals surface area contributed by atoms with Crippen LogP contribution in [0.25, 0.3) is 11.1 Å². The summed E-state index contributed by atoms with van der Waals surface area (Å²) in [6, 6.07) is 7.39. The lowest BCUT2D eigenvalue weighted by atomic mass is 9.93. The first-order chi connectivity index (χ1) is 8.70. The molecule has 2 heterocycles. The van der Waals surface area contributed by atoms with Crippen LogP contribution in [0.3, 0.4) is 0 Å². The van der Waals surface area contributed by atoms with Crippen LogP contribution in [0.2, 0.25) is 5.02 Å². The molecule has 0 amide bonds. The van der Waals surface area contributed by atoms with E-state index < -0.39 is 0 Å². The van der Waals surface area contributed by atoms with Gasteiger partial charge in [-0.2, -0.15) is 5.26 Å². The Morgan fingerprint density at radius 2 is 2.22 bits per heavy atom. The number of aromatic nitrogens is 1. The smallest absolute Gasteiger partial charge is 0.256 e. The highest BCUT2D eigenvalue weighted by molar-refractivity contribution is 6.31. The summed E-state index contributed by atoms with van der Waals surface area (Å²) in [5.41, 5.74) is 3.18. The van der Waals surface area contributed by atoms with Gasteiger partial charge >= 0.3 is 0 Å². The molecule has 0 unspecified atom stereocenters. The minimum Gasteiger partial charge on any atom is -0.380 e. The molecule has 2 N–H and O–H groups in total. The normalized spacial score (nSPS) is 12.0. The largest absolute Gasteiger partial charge is 0.380 e. The molecule has 4 nitrogen and oxygen atoms in total. The molecule has 0 radical (unpaired) electrons. The predicted octanol–water partition coefficient (Wildman–Crippen LogP) is 2.49. The van der Waals surface area contributed by atoms with E-state index in [4.69, 9.17) is 16.9 Å². The van der Waals surface area contributed by atoms with Crippen LogP contribution in [0.5, 0.6) is 0 Å². The molecule has 0 saturated carbocycles. The lowest BCUT2D eigenvalue weighted by molar-refractivity contribution is 1.07. The minimum atomic E-state index is -0.186. The molecular formula is C13H8ClN3O. The van der Waals surface area contributed by atoms with Gasteiger partial charge in [0.15, 0.2) is 0 Å². The number of fused-ring (bicyclic) bond motifs is 3.